The maximum absolute atomic E-state index is 13.3. The number of nitrogens with one attached hydrogen (secondary N) is 1. The highest BCUT2D eigenvalue weighted by Crippen LogP contribution is 2.38. The van der Waals surface area contributed by atoms with Gasteiger partial charge in [-0.1, -0.05) is 12.1 Å². The summed E-state index contributed by atoms with van der Waals surface area (Å²) in [7, 11) is 0. The Bertz CT molecular complexity index is 1120. The molecule has 9 nitrogen and oxygen atoms in total. The minimum Gasteiger partial charge on any atom is -0.368 e. The number of nitrogens with two attached hydrogens (primary N) is 1. The number of anilines is 1. The fourth-order valence-corrected chi connectivity index (χ4v) is 4.46. The number of carbonyl (C=O) groups excluding carboxylic acids is 3. The first kappa shape index (κ1) is 24.4. The zero-order valence-corrected chi connectivity index (χ0v) is 18.8. The number of imide groups is 1. The Morgan fingerprint density at radius 2 is 2.03 bits per heavy atom. The van der Waals surface area contributed by atoms with Gasteiger partial charge in [-0.25, -0.2) is 14.8 Å². The number of urea groups is 1. The van der Waals surface area contributed by atoms with Gasteiger partial charge in [-0.3, -0.25) is 14.5 Å². The Morgan fingerprint density at radius 3 is 2.77 bits per heavy atom. The minimum atomic E-state index is -4.52. The van der Waals surface area contributed by atoms with Gasteiger partial charge in [-0.05, 0) is 37.0 Å². The van der Waals surface area contributed by atoms with Crippen LogP contribution in [-0.4, -0.2) is 57.2 Å². The molecule has 0 saturated carbocycles. The van der Waals surface area contributed by atoms with E-state index in [2.05, 4.69) is 15.3 Å². The van der Waals surface area contributed by atoms with Crippen LogP contribution in [0.2, 0.25) is 0 Å². The van der Waals surface area contributed by atoms with Crippen LogP contribution in [0.3, 0.4) is 0 Å². The van der Waals surface area contributed by atoms with Crippen molar-refractivity contribution < 1.29 is 27.6 Å². The van der Waals surface area contributed by atoms with E-state index in [1.165, 1.54) is 18.3 Å². The molecule has 0 radical (unpaired) electrons. The predicted octanol–water partition coefficient (Wildman–Crippen LogP) is 3.13. The molecule has 4 amide bonds. The minimum absolute atomic E-state index is 0.0516. The van der Waals surface area contributed by atoms with Gasteiger partial charge in [-0.15, -0.1) is 0 Å². The van der Waals surface area contributed by atoms with Crippen molar-refractivity contribution in [3.05, 3.63) is 41.7 Å². The average molecular weight is 490 g/mol. The molecule has 2 saturated heterocycles. The lowest BCUT2D eigenvalue weighted by atomic mass is 9.93. The zero-order chi connectivity index (χ0) is 25.2. The SMILES string of the molecule is Nc1ncc(-c2cccc(C(F)(F)F)c2)c([C@@H]2CCCCN2C(=O)CCN2C(=O)CCNC2=O)n1. The van der Waals surface area contributed by atoms with Crippen molar-refractivity contribution in [2.45, 2.75) is 44.3 Å². The molecule has 12 heteroatoms. The number of benzene rings is 1. The second-order valence-corrected chi connectivity index (χ2v) is 8.48. The number of carbonyl (C=O) groups is 3. The molecule has 0 spiro atoms. The Hall–Kier alpha value is -3.70. The van der Waals surface area contributed by atoms with Crippen molar-refractivity contribution in [1.29, 1.82) is 0 Å². The Labute approximate surface area is 199 Å². The van der Waals surface area contributed by atoms with E-state index < -0.39 is 23.8 Å². The highest BCUT2D eigenvalue weighted by atomic mass is 19.4. The number of hydrogen-bond acceptors (Lipinski definition) is 6. The molecule has 1 atom stereocenters. The fourth-order valence-electron chi connectivity index (χ4n) is 4.46. The largest absolute Gasteiger partial charge is 0.416 e. The van der Waals surface area contributed by atoms with Crippen molar-refractivity contribution >= 4 is 23.8 Å². The molecule has 2 aliphatic heterocycles. The summed E-state index contributed by atoms with van der Waals surface area (Å²) >= 11 is 0. The highest BCUT2D eigenvalue weighted by molar-refractivity contribution is 5.97. The molecular weight excluding hydrogens is 465 g/mol. The quantitative estimate of drug-likeness (QED) is 0.664. The van der Waals surface area contributed by atoms with Crippen molar-refractivity contribution in [2.75, 3.05) is 25.4 Å². The molecule has 3 heterocycles. The van der Waals surface area contributed by atoms with Gasteiger partial charge in [0.15, 0.2) is 0 Å². The van der Waals surface area contributed by atoms with Gasteiger partial charge in [0, 0.05) is 44.2 Å². The molecule has 1 aromatic heterocycles. The second kappa shape index (κ2) is 9.88. The average Bonchev–Trinajstić information content (AvgIpc) is 2.83. The molecule has 0 aliphatic carbocycles. The van der Waals surface area contributed by atoms with Gasteiger partial charge in [0.05, 0.1) is 17.3 Å². The normalized spacial score (nSPS) is 19.0. The molecule has 3 N–H and O–H groups in total. The van der Waals surface area contributed by atoms with Crippen LogP contribution in [0.4, 0.5) is 23.9 Å². The van der Waals surface area contributed by atoms with E-state index in [0.717, 1.165) is 29.9 Å². The first-order chi connectivity index (χ1) is 16.6. The van der Waals surface area contributed by atoms with Crippen molar-refractivity contribution in [3.8, 4) is 11.1 Å². The molecule has 1 aromatic carbocycles. The second-order valence-electron chi connectivity index (χ2n) is 8.48. The maximum Gasteiger partial charge on any atom is 0.416 e. The third kappa shape index (κ3) is 5.36. The van der Waals surface area contributed by atoms with Crippen molar-refractivity contribution in [1.82, 2.24) is 25.1 Å². The van der Waals surface area contributed by atoms with Crippen LogP contribution >= 0.6 is 0 Å². The maximum atomic E-state index is 13.3. The molecule has 0 unspecified atom stereocenters. The van der Waals surface area contributed by atoms with E-state index >= 15 is 0 Å². The van der Waals surface area contributed by atoms with E-state index in [9.17, 15) is 27.6 Å². The third-order valence-electron chi connectivity index (χ3n) is 6.19. The summed E-state index contributed by atoms with van der Waals surface area (Å²) in [5, 5.41) is 2.58. The van der Waals surface area contributed by atoms with Crippen LogP contribution in [-0.2, 0) is 15.8 Å². The zero-order valence-electron chi connectivity index (χ0n) is 18.8. The van der Waals surface area contributed by atoms with E-state index in [0.29, 0.717) is 24.2 Å². The molecule has 186 valence electrons. The topological polar surface area (TPSA) is 122 Å². The Kier molecular flexibility index (Phi) is 6.90. The van der Waals surface area contributed by atoms with Crippen LogP contribution in [0, 0.1) is 0 Å². The molecular formula is C23H25F3N6O3. The molecule has 0 bridgehead atoms. The summed E-state index contributed by atoms with van der Waals surface area (Å²) in [5.41, 5.74) is 6.02. The van der Waals surface area contributed by atoms with E-state index in [1.54, 1.807) is 4.90 Å². The number of alkyl halides is 3. The highest BCUT2D eigenvalue weighted by Gasteiger charge is 2.34. The Morgan fingerprint density at radius 1 is 1.23 bits per heavy atom. The summed E-state index contributed by atoms with van der Waals surface area (Å²) in [4.78, 5) is 48.2. The van der Waals surface area contributed by atoms with Gasteiger partial charge < -0.3 is 16.0 Å². The molecule has 2 aromatic rings. The lowest BCUT2D eigenvalue weighted by molar-refractivity contribution is -0.138. The number of amides is 4. The number of nitrogen functional groups attached to an aromatic ring is 1. The summed E-state index contributed by atoms with van der Waals surface area (Å²) in [5.74, 6) is -0.676. The smallest absolute Gasteiger partial charge is 0.368 e. The molecule has 35 heavy (non-hydrogen) atoms. The van der Waals surface area contributed by atoms with E-state index in [4.69, 9.17) is 5.73 Å². The van der Waals surface area contributed by atoms with E-state index in [-0.39, 0.29) is 49.3 Å². The van der Waals surface area contributed by atoms with Gasteiger partial charge in [0.2, 0.25) is 17.8 Å². The van der Waals surface area contributed by atoms with Crippen LogP contribution in [0.25, 0.3) is 11.1 Å². The summed E-state index contributed by atoms with van der Waals surface area (Å²) in [6.07, 6.45) is -0.978. The fraction of sp³-hybridized carbons (Fsp3) is 0.435. The predicted molar refractivity (Wildman–Crippen MR) is 120 cm³/mol. The number of aromatic nitrogens is 2. The van der Waals surface area contributed by atoms with E-state index in [1.807, 2.05) is 0 Å². The van der Waals surface area contributed by atoms with Crippen molar-refractivity contribution in [2.24, 2.45) is 0 Å². The van der Waals surface area contributed by atoms with Gasteiger partial charge in [0.25, 0.3) is 0 Å². The monoisotopic (exact) mass is 490 g/mol. The van der Waals surface area contributed by atoms with Crippen LogP contribution in [0.5, 0.6) is 0 Å². The standard InChI is InChI=1S/C23H25F3N6O3/c24-23(25,26)15-5-3-4-14(12-15)16-13-29-21(27)30-20(16)17-6-1-2-10-31(17)19(34)8-11-32-18(33)7-9-28-22(32)35/h3-5,12-13,17H,1-2,6-11H2,(H,28,35)(H2,27,29,30)/t17-/m0/s1. The van der Waals surface area contributed by atoms with Crippen LogP contribution in [0.1, 0.15) is 49.4 Å². The third-order valence-corrected chi connectivity index (χ3v) is 6.19. The number of hydrogen-bond donors (Lipinski definition) is 2. The summed E-state index contributed by atoms with van der Waals surface area (Å²) in [6, 6.07) is 3.78. The Balaban J connectivity index is 1.62. The number of nitrogens with zero attached hydrogens (tertiary/aromatic N) is 4. The molecule has 2 aliphatic rings. The van der Waals surface area contributed by atoms with Gasteiger partial charge in [-0.2, -0.15) is 13.2 Å². The lowest BCUT2D eigenvalue weighted by Crippen LogP contribution is -2.51. The van der Waals surface area contributed by atoms with Crippen LogP contribution < -0.4 is 11.1 Å². The van der Waals surface area contributed by atoms with Crippen LogP contribution in [0.15, 0.2) is 30.5 Å². The molecule has 4 rings (SSSR count). The van der Waals surface area contributed by atoms with Gasteiger partial charge in [0.1, 0.15) is 0 Å². The first-order valence-electron chi connectivity index (χ1n) is 11.3. The number of piperidine rings is 1. The lowest BCUT2D eigenvalue weighted by Gasteiger charge is -2.37. The number of halogens is 3. The summed E-state index contributed by atoms with van der Waals surface area (Å²) in [6.45, 7) is 0.623. The molecule has 2 fully saturated rings. The summed E-state index contributed by atoms with van der Waals surface area (Å²) < 4.78 is 39.9. The van der Waals surface area contributed by atoms with Crippen molar-refractivity contribution in [3.63, 3.8) is 0 Å². The number of likely N-dealkylation sites (tertiary alicyclic amines) is 1. The first-order valence-corrected chi connectivity index (χ1v) is 11.3. The number of rotatable bonds is 5. The van der Waals surface area contributed by atoms with Gasteiger partial charge >= 0.3 is 12.2 Å².